The number of benzene rings is 2. The van der Waals surface area contributed by atoms with E-state index in [4.69, 9.17) is 9.47 Å². The van der Waals surface area contributed by atoms with E-state index in [1.807, 2.05) is 36.4 Å². The maximum Gasteiger partial charge on any atom is 0.121 e. The molecule has 0 unspecified atom stereocenters. The molecule has 19 heavy (non-hydrogen) atoms. The van der Waals surface area contributed by atoms with Crippen molar-refractivity contribution in [2.75, 3.05) is 19.5 Å². The molecule has 0 amide bonds. The molecule has 2 aromatic carbocycles. The molecule has 0 aliphatic carbocycles. The Bertz CT molecular complexity index is 536. The largest absolute Gasteiger partial charge is 0.497 e. The summed E-state index contributed by atoms with van der Waals surface area (Å²) in [6, 6.07) is 11.5. The van der Waals surface area contributed by atoms with Gasteiger partial charge in [0.05, 0.1) is 25.6 Å². The average molecular weight is 387 g/mol. The van der Waals surface area contributed by atoms with Crippen LogP contribution in [0.1, 0.15) is 0 Å². The first-order valence-corrected chi connectivity index (χ1v) is 7.16. The molecule has 0 saturated heterocycles. The average Bonchev–Trinajstić information content (AvgIpc) is 2.43. The molecule has 0 fully saturated rings. The molecule has 0 aliphatic heterocycles. The van der Waals surface area contributed by atoms with Crippen molar-refractivity contribution in [1.82, 2.24) is 0 Å². The fraction of sp³-hybridized carbons (Fsp3) is 0.143. The summed E-state index contributed by atoms with van der Waals surface area (Å²) < 4.78 is 12.4. The molecule has 0 atom stereocenters. The maximum atomic E-state index is 5.23. The summed E-state index contributed by atoms with van der Waals surface area (Å²) >= 11 is 7.03. The predicted molar refractivity (Wildman–Crippen MR) is 84.7 cm³/mol. The SMILES string of the molecule is COc1ccc(Br)c(Nc2cc(OC)ccc2Br)c1. The molecule has 0 saturated carbocycles. The van der Waals surface area contributed by atoms with E-state index >= 15 is 0 Å². The quantitative estimate of drug-likeness (QED) is 0.804. The number of nitrogens with one attached hydrogen (secondary N) is 1. The van der Waals surface area contributed by atoms with E-state index in [1.165, 1.54) is 0 Å². The van der Waals surface area contributed by atoms with Crippen molar-refractivity contribution >= 4 is 43.2 Å². The Hall–Kier alpha value is -1.20. The van der Waals surface area contributed by atoms with Gasteiger partial charge in [0.2, 0.25) is 0 Å². The van der Waals surface area contributed by atoms with Crippen molar-refractivity contribution in [3.63, 3.8) is 0 Å². The lowest BCUT2D eigenvalue weighted by atomic mass is 10.2. The predicted octanol–water partition coefficient (Wildman–Crippen LogP) is 4.97. The number of ether oxygens (including phenoxy) is 2. The second-order valence-electron chi connectivity index (χ2n) is 3.82. The van der Waals surface area contributed by atoms with Crippen LogP contribution in [0.4, 0.5) is 11.4 Å². The highest BCUT2D eigenvalue weighted by atomic mass is 79.9. The molecule has 2 rings (SSSR count). The fourth-order valence-electron chi connectivity index (χ4n) is 1.60. The molecule has 5 heteroatoms. The molecule has 2 aromatic rings. The monoisotopic (exact) mass is 385 g/mol. The van der Waals surface area contributed by atoms with Crippen LogP contribution in [0.5, 0.6) is 11.5 Å². The molecular formula is C14H13Br2NO2. The van der Waals surface area contributed by atoms with Crippen molar-refractivity contribution < 1.29 is 9.47 Å². The highest BCUT2D eigenvalue weighted by molar-refractivity contribution is 9.11. The van der Waals surface area contributed by atoms with Crippen LogP contribution in [0.15, 0.2) is 45.3 Å². The summed E-state index contributed by atoms with van der Waals surface area (Å²) in [6.45, 7) is 0. The lowest BCUT2D eigenvalue weighted by Gasteiger charge is -2.13. The van der Waals surface area contributed by atoms with Crippen LogP contribution >= 0.6 is 31.9 Å². The summed E-state index contributed by atoms with van der Waals surface area (Å²) in [4.78, 5) is 0. The summed E-state index contributed by atoms with van der Waals surface area (Å²) in [5.74, 6) is 1.59. The highest BCUT2D eigenvalue weighted by Crippen LogP contribution is 2.34. The van der Waals surface area contributed by atoms with E-state index in [-0.39, 0.29) is 0 Å². The molecule has 0 heterocycles. The summed E-state index contributed by atoms with van der Waals surface area (Å²) in [5, 5.41) is 3.34. The zero-order chi connectivity index (χ0) is 13.8. The van der Waals surface area contributed by atoms with Crippen molar-refractivity contribution in [1.29, 1.82) is 0 Å². The third-order valence-electron chi connectivity index (χ3n) is 2.62. The van der Waals surface area contributed by atoms with Gasteiger partial charge < -0.3 is 14.8 Å². The van der Waals surface area contributed by atoms with E-state index in [0.29, 0.717) is 0 Å². The number of hydrogen-bond acceptors (Lipinski definition) is 3. The fourth-order valence-corrected chi connectivity index (χ4v) is 2.29. The lowest BCUT2D eigenvalue weighted by Crippen LogP contribution is -1.94. The standard InChI is InChI=1S/C14H13Br2NO2/c1-18-9-3-5-11(15)13(7-9)17-14-8-10(19-2)4-6-12(14)16/h3-8,17H,1-2H3. The molecule has 0 radical (unpaired) electrons. The van der Waals surface area contributed by atoms with Gasteiger partial charge >= 0.3 is 0 Å². The van der Waals surface area contributed by atoms with Gasteiger partial charge in [0.15, 0.2) is 0 Å². The second kappa shape index (κ2) is 6.30. The molecule has 0 aliphatic rings. The molecule has 0 spiro atoms. The molecule has 0 bridgehead atoms. The number of hydrogen-bond donors (Lipinski definition) is 1. The van der Waals surface area contributed by atoms with Gasteiger partial charge in [-0.15, -0.1) is 0 Å². The second-order valence-corrected chi connectivity index (χ2v) is 5.53. The number of halogens is 2. The molecular weight excluding hydrogens is 374 g/mol. The normalized spacial score (nSPS) is 10.1. The van der Waals surface area contributed by atoms with Crippen molar-refractivity contribution in [2.24, 2.45) is 0 Å². The van der Waals surface area contributed by atoms with Gasteiger partial charge in [-0.2, -0.15) is 0 Å². The van der Waals surface area contributed by atoms with Crippen LogP contribution in [0, 0.1) is 0 Å². The number of methoxy groups -OCH3 is 2. The first-order chi connectivity index (χ1) is 9.13. The minimum absolute atomic E-state index is 0.796. The van der Waals surface area contributed by atoms with Crippen molar-refractivity contribution in [2.45, 2.75) is 0 Å². The third kappa shape index (κ3) is 3.42. The Balaban J connectivity index is 2.35. The van der Waals surface area contributed by atoms with Crippen molar-refractivity contribution in [3.05, 3.63) is 45.3 Å². The zero-order valence-corrected chi connectivity index (χ0v) is 13.7. The van der Waals surface area contributed by atoms with Crippen LogP contribution in [0.2, 0.25) is 0 Å². The number of rotatable bonds is 4. The van der Waals surface area contributed by atoms with Crippen LogP contribution in [-0.2, 0) is 0 Å². The van der Waals surface area contributed by atoms with Gasteiger partial charge in [-0.3, -0.25) is 0 Å². The van der Waals surface area contributed by atoms with Crippen molar-refractivity contribution in [3.8, 4) is 11.5 Å². The first kappa shape index (κ1) is 14.2. The van der Waals surface area contributed by atoms with Gasteiger partial charge in [-0.25, -0.2) is 0 Å². The Morgan fingerprint density at radius 1 is 0.789 bits per heavy atom. The summed E-state index contributed by atoms with van der Waals surface area (Å²) in [6.07, 6.45) is 0. The van der Waals surface area contributed by atoms with Gasteiger partial charge in [0.1, 0.15) is 11.5 Å². The molecule has 3 nitrogen and oxygen atoms in total. The van der Waals surface area contributed by atoms with Crippen LogP contribution in [0.3, 0.4) is 0 Å². The Morgan fingerprint density at radius 2 is 1.21 bits per heavy atom. The van der Waals surface area contributed by atoms with Crippen LogP contribution in [-0.4, -0.2) is 14.2 Å². The third-order valence-corrected chi connectivity index (χ3v) is 4.00. The Kier molecular flexibility index (Phi) is 4.71. The van der Waals surface area contributed by atoms with Gasteiger partial charge in [0, 0.05) is 21.1 Å². The Labute approximate surface area is 129 Å². The topological polar surface area (TPSA) is 30.5 Å². The maximum absolute atomic E-state index is 5.23. The lowest BCUT2D eigenvalue weighted by molar-refractivity contribution is 0.415. The van der Waals surface area contributed by atoms with Crippen LogP contribution < -0.4 is 14.8 Å². The summed E-state index contributed by atoms with van der Waals surface area (Å²) in [5.41, 5.74) is 1.85. The summed E-state index contributed by atoms with van der Waals surface area (Å²) in [7, 11) is 3.29. The van der Waals surface area contributed by atoms with Gasteiger partial charge in [0.25, 0.3) is 0 Å². The molecule has 0 aromatic heterocycles. The van der Waals surface area contributed by atoms with E-state index in [9.17, 15) is 0 Å². The zero-order valence-electron chi connectivity index (χ0n) is 10.5. The highest BCUT2D eigenvalue weighted by Gasteiger charge is 2.06. The molecule has 100 valence electrons. The van der Waals surface area contributed by atoms with E-state index in [2.05, 4.69) is 37.2 Å². The Morgan fingerprint density at radius 3 is 1.58 bits per heavy atom. The van der Waals surface area contributed by atoms with E-state index in [0.717, 1.165) is 31.8 Å². The molecule has 1 N–H and O–H groups in total. The smallest absolute Gasteiger partial charge is 0.121 e. The van der Waals surface area contributed by atoms with E-state index < -0.39 is 0 Å². The number of anilines is 2. The van der Waals surface area contributed by atoms with E-state index in [1.54, 1.807) is 14.2 Å². The van der Waals surface area contributed by atoms with Crippen LogP contribution in [0.25, 0.3) is 0 Å². The minimum Gasteiger partial charge on any atom is -0.497 e. The van der Waals surface area contributed by atoms with Gasteiger partial charge in [-0.05, 0) is 56.1 Å². The minimum atomic E-state index is 0.796. The van der Waals surface area contributed by atoms with Gasteiger partial charge in [-0.1, -0.05) is 0 Å². The first-order valence-electron chi connectivity index (χ1n) is 5.58.